The molecule has 1 atom stereocenters. The van der Waals surface area contributed by atoms with Crippen LogP contribution in [0, 0.1) is 0 Å². The molecule has 0 unspecified atom stereocenters. The highest BCUT2D eigenvalue weighted by atomic mass is 32.1. The number of anilines is 1. The molecule has 6 nitrogen and oxygen atoms in total. The second kappa shape index (κ2) is 8.92. The number of rotatable bonds is 6. The van der Waals surface area contributed by atoms with E-state index in [1.165, 1.54) is 16.9 Å². The number of piperidine rings is 1. The highest BCUT2D eigenvalue weighted by molar-refractivity contribution is 7.15. The molecule has 2 heterocycles. The van der Waals surface area contributed by atoms with E-state index in [0.717, 1.165) is 37.4 Å². The van der Waals surface area contributed by atoms with Gasteiger partial charge in [-0.1, -0.05) is 41.7 Å². The normalized spacial score (nSPS) is 17.5. The summed E-state index contributed by atoms with van der Waals surface area (Å²) in [6.45, 7) is 4.81. The van der Waals surface area contributed by atoms with Crippen LogP contribution in [0.3, 0.4) is 0 Å². The number of hydrogen-bond acceptors (Lipinski definition) is 5. The molecular formula is C18H24N4O2S. The van der Waals surface area contributed by atoms with Gasteiger partial charge in [0.05, 0.1) is 6.61 Å². The maximum Gasteiger partial charge on any atom is 0.323 e. The molecule has 2 aromatic rings. The number of carbonyl (C=O) groups excluding carboxylic acids is 1. The molecule has 25 heavy (non-hydrogen) atoms. The van der Waals surface area contributed by atoms with Crippen LogP contribution < -0.4 is 5.32 Å². The molecule has 0 radical (unpaired) electrons. The van der Waals surface area contributed by atoms with Crippen molar-refractivity contribution in [2.24, 2.45) is 0 Å². The number of amides is 2. The Labute approximate surface area is 152 Å². The van der Waals surface area contributed by atoms with Gasteiger partial charge in [0.2, 0.25) is 5.13 Å². The molecule has 1 aliphatic heterocycles. The van der Waals surface area contributed by atoms with Crippen LogP contribution in [0.5, 0.6) is 0 Å². The third-order valence-electron chi connectivity index (χ3n) is 4.32. The van der Waals surface area contributed by atoms with Crippen molar-refractivity contribution in [2.75, 3.05) is 31.6 Å². The van der Waals surface area contributed by atoms with Crippen molar-refractivity contribution in [2.45, 2.75) is 32.1 Å². The topological polar surface area (TPSA) is 67.4 Å². The zero-order chi connectivity index (χ0) is 17.5. The zero-order valence-corrected chi connectivity index (χ0v) is 15.3. The van der Waals surface area contributed by atoms with Gasteiger partial charge in [0, 0.05) is 32.0 Å². The molecule has 1 aliphatic rings. The molecule has 2 amide bonds. The Kier molecular flexibility index (Phi) is 6.36. The molecule has 1 aromatic carbocycles. The van der Waals surface area contributed by atoms with E-state index < -0.39 is 0 Å². The van der Waals surface area contributed by atoms with Gasteiger partial charge in [-0.25, -0.2) is 4.79 Å². The van der Waals surface area contributed by atoms with Gasteiger partial charge in [-0.3, -0.25) is 5.32 Å². The van der Waals surface area contributed by atoms with Gasteiger partial charge in [0.1, 0.15) is 5.01 Å². The lowest BCUT2D eigenvalue weighted by atomic mass is 9.91. The van der Waals surface area contributed by atoms with Crippen molar-refractivity contribution in [3.63, 3.8) is 0 Å². The summed E-state index contributed by atoms with van der Waals surface area (Å²) in [5.41, 5.74) is 1.30. The number of benzene rings is 1. The first-order chi connectivity index (χ1) is 12.3. The zero-order valence-electron chi connectivity index (χ0n) is 14.5. The van der Waals surface area contributed by atoms with Crippen LogP contribution in [0.4, 0.5) is 9.93 Å². The van der Waals surface area contributed by atoms with E-state index in [-0.39, 0.29) is 6.03 Å². The molecule has 0 bridgehead atoms. The van der Waals surface area contributed by atoms with E-state index in [1.54, 1.807) is 0 Å². The number of hydrogen-bond donors (Lipinski definition) is 1. The monoisotopic (exact) mass is 360 g/mol. The summed E-state index contributed by atoms with van der Waals surface area (Å²) in [5, 5.41) is 12.5. The summed E-state index contributed by atoms with van der Waals surface area (Å²) in [5.74, 6) is 0.400. The fraction of sp³-hybridized carbons (Fsp3) is 0.500. The summed E-state index contributed by atoms with van der Waals surface area (Å²) in [4.78, 5) is 14.4. The maximum atomic E-state index is 12.5. The standard InChI is InChI=1S/C18H24N4O2S/c1-2-24-12-10-16-20-21-17(25-16)19-18(23)22-11-6-9-15(13-22)14-7-4-3-5-8-14/h3-5,7-8,15H,2,6,9-13H2,1H3,(H,19,21,23)/t15-/m0/s1. The first-order valence-electron chi connectivity index (χ1n) is 8.77. The van der Waals surface area contributed by atoms with Crippen molar-refractivity contribution in [3.05, 3.63) is 40.9 Å². The quantitative estimate of drug-likeness (QED) is 0.800. The van der Waals surface area contributed by atoms with Crippen molar-refractivity contribution in [3.8, 4) is 0 Å². The molecule has 0 aliphatic carbocycles. The van der Waals surface area contributed by atoms with E-state index in [9.17, 15) is 4.79 Å². The number of carbonyl (C=O) groups is 1. The largest absolute Gasteiger partial charge is 0.381 e. The van der Waals surface area contributed by atoms with Crippen LogP contribution in [-0.4, -0.2) is 47.4 Å². The fourth-order valence-corrected chi connectivity index (χ4v) is 3.75. The van der Waals surface area contributed by atoms with Gasteiger partial charge in [-0.2, -0.15) is 0 Å². The number of ether oxygens (including phenoxy) is 1. The van der Waals surface area contributed by atoms with Crippen molar-refractivity contribution in [1.29, 1.82) is 0 Å². The summed E-state index contributed by atoms with van der Waals surface area (Å²) in [7, 11) is 0. The molecule has 0 saturated carbocycles. The van der Waals surface area contributed by atoms with Crippen LogP contribution in [-0.2, 0) is 11.2 Å². The van der Waals surface area contributed by atoms with Gasteiger partial charge < -0.3 is 9.64 Å². The first kappa shape index (κ1) is 17.8. The smallest absolute Gasteiger partial charge is 0.323 e. The Morgan fingerprint density at radius 1 is 1.36 bits per heavy atom. The Hall–Kier alpha value is -1.99. The lowest BCUT2D eigenvalue weighted by molar-refractivity contribution is 0.150. The Morgan fingerprint density at radius 3 is 3.00 bits per heavy atom. The Balaban J connectivity index is 1.54. The Morgan fingerprint density at radius 2 is 2.20 bits per heavy atom. The highest BCUT2D eigenvalue weighted by Gasteiger charge is 2.25. The second-order valence-electron chi connectivity index (χ2n) is 6.07. The van der Waals surface area contributed by atoms with Crippen molar-refractivity contribution >= 4 is 22.5 Å². The maximum absolute atomic E-state index is 12.5. The van der Waals surface area contributed by atoms with Gasteiger partial charge in [-0.15, -0.1) is 10.2 Å². The molecule has 1 saturated heterocycles. The van der Waals surface area contributed by atoms with Gasteiger partial charge in [0.25, 0.3) is 0 Å². The molecule has 3 rings (SSSR count). The van der Waals surface area contributed by atoms with E-state index in [1.807, 2.05) is 17.9 Å². The number of nitrogens with one attached hydrogen (secondary N) is 1. The minimum atomic E-state index is -0.0897. The summed E-state index contributed by atoms with van der Waals surface area (Å²) < 4.78 is 5.32. The molecule has 134 valence electrons. The Bertz CT molecular complexity index is 677. The van der Waals surface area contributed by atoms with Gasteiger partial charge in [0.15, 0.2) is 0 Å². The van der Waals surface area contributed by atoms with Crippen LogP contribution >= 0.6 is 11.3 Å². The number of aromatic nitrogens is 2. The lowest BCUT2D eigenvalue weighted by Crippen LogP contribution is -2.41. The van der Waals surface area contributed by atoms with E-state index in [0.29, 0.717) is 24.3 Å². The predicted molar refractivity (Wildman–Crippen MR) is 99.1 cm³/mol. The van der Waals surface area contributed by atoms with Gasteiger partial charge in [-0.05, 0) is 25.3 Å². The second-order valence-corrected chi connectivity index (χ2v) is 7.14. The lowest BCUT2D eigenvalue weighted by Gasteiger charge is -2.32. The summed E-state index contributed by atoms with van der Waals surface area (Å²) in [6, 6.07) is 10.3. The minimum Gasteiger partial charge on any atom is -0.381 e. The van der Waals surface area contributed by atoms with Crippen LogP contribution in [0.25, 0.3) is 0 Å². The van der Waals surface area contributed by atoms with E-state index >= 15 is 0 Å². The van der Waals surface area contributed by atoms with E-state index in [4.69, 9.17) is 4.74 Å². The van der Waals surface area contributed by atoms with Crippen LogP contribution in [0.1, 0.15) is 36.3 Å². The van der Waals surface area contributed by atoms with Crippen LogP contribution in [0.2, 0.25) is 0 Å². The van der Waals surface area contributed by atoms with Crippen molar-refractivity contribution in [1.82, 2.24) is 15.1 Å². The average Bonchev–Trinajstić information content (AvgIpc) is 3.10. The third kappa shape index (κ3) is 4.99. The van der Waals surface area contributed by atoms with Gasteiger partial charge >= 0.3 is 6.03 Å². The molecule has 7 heteroatoms. The highest BCUT2D eigenvalue weighted by Crippen LogP contribution is 2.27. The number of urea groups is 1. The first-order valence-corrected chi connectivity index (χ1v) is 9.59. The molecule has 0 spiro atoms. The molecular weight excluding hydrogens is 336 g/mol. The molecule has 1 N–H and O–H groups in total. The fourth-order valence-electron chi connectivity index (χ4n) is 3.04. The summed E-state index contributed by atoms with van der Waals surface area (Å²) >= 11 is 1.41. The minimum absolute atomic E-state index is 0.0897. The molecule has 1 aromatic heterocycles. The average molecular weight is 360 g/mol. The summed E-state index contributed by atoms with van der Waals surface area (Å²) in [6.07, 6.45) is 2.86. The third-order valence-corrected chi connectivity index (χ3v) is 5.22. The SMILES string of the molecule is CCOCCc1nnc(NC(=O)N2CCC[C@H](c3ccccc3)C2)s1. The van der Waals surface area contributed by atoms with E-state index in [2.05, 4.69) is 39.8 Å². The van der Waals surface area contributed by atoms with Crippen LogP contribution in [0.15, 0.2) is 30.3 Å². The van der Waals surface area contributed by atoms with Crippen molar-refractivity contribution < 1.29 is 9.53 Å². The number of likely N-dealkylation sites (tertiary alicyclic amines) is 1. The molecule has 1 fully saturated rings. The predicted octanol–water partition coefficient (Wildman–Crippen LogP) is 3.53. The number of nitrogens with zero attached hydrogens (tertiary/aromatic N) is 3.